The molecule has 0 bridgehead atoms. The summed E-state index contributed by atoms with van der Waals surface area (Å²) in [4.78, 5) is 39.1. The lowest BCUT2D eigenvalue weighted by Crippen LogP contribution is -2.52. The highest BCUT2D eigenvalue weighted by Crippen LogP contribution is 2.45. The number of carbonyl (C=O) groups excluding carboxylic acids is 2. The number of carbonyl (C=O) groups is 2. The number of anilines is 2. The molecule has 9 heteroatoms. The van der Waals surface area contributed by atoms with Gasteiger partial charge in [-0.1, -0.05) is 30.0 Å². The molecular weight excluding hydrogens is 394 g/mol. The lowest BCUT2D eigenvalue weighted by atomic mass is 9.92. The highest BCUT2D eigenvalue weighted by atomic mass is 32.2. The molecule has 8 nitrogen and oxygen atoms in total. The summed E-state index contributed by atoms with van der Waals surface area (Å²) in [7, 11) is 3.78. The molecular formula is C20H21N3O5S. The van der Waals surface area contributed by atoms with Crippen LogP contribution in [0.15, 0.2) is 47.4 Å². The van der Waals surface area contributed by atoms with Crippen molar-refractivity contribution in [2.45, 2.75) is 23.0 Å². The molecule has 1 aliphatic heterocycles. The highest BCUT2D eigenvalue weighted by molar-refractivity contribution is 8.02. The maximum atomic E-state index is 13.1. The Kier molecular flexibility index (Phi) is 5.78. The van der Waals surface area contributed by atoms with Gasteiger partial charge in [0.25, 0.3) is 11.6 Å². The minimum Gasteiger partial charge on any atom is -0.465 e. The summed E-state index contributed by atoms with van der Waals surface area (Å²) >= 11 is 0.859. The minimum atomic E-state index is -1.66. The normalized spacial score (nSPS) is 17.8. The molecule has 0 radical (unpaired) electrons. The van der Waals surface area contributed by atoms with Crippen LogP contribution in [0.4, 0.5) is 17.1 Å². The van der Waals surface area contributed by atoms with Gasteiger partial charge in [0.1, 0.15) is 0 Å². The molecule has 1 aliphatic rings. The molecule has 3 rings (SSSR count). The lowest BCUT2D eigenvalue weighted by Gasteiger charge is -2.34. The number of esters is 1. The Morgan fingerprint density at radius 2 is 2.03 bits per heavy atom. The van der Waals surface area contributed by atoms with Gasteiger partial charge in [0.05, 0.1) is 16.4 Å². The van der Waals surface area contributed by atoms with Crippen molar-refractivity contribution in [1.82, 2.24) is 0 Å². The van der Waals surface area contributed by atoms with E-state index in [2.05, 4.69) is 5.32 Å². The third-order valence-electron chi connectivity index (χ3n) is 4.62. The average molecular weight is 415 g/mol. The Bertz CT molecular complexity index is 978. The van der Waals surface area contributed by atoms with Crippen LogP contribution in [0.2, 0.25) is 0 Å². The molecule has 1 amide bonds. The molecule has 29 heavy (non-hydrogen) atoms. The van der Waals surface area contributed by atoms with Gasteiger partial charge >= 0.3 is 5.97 Å². The van der Waals surface area contributed by atoms with Gasteiger partial charge in [-0.05, 0) is 30.7 Å². The van der Waals surface area contributed by atoms with Crippen LogP contribution in [0.5, 0.6) is 0 Å². The standard InChI is InChI=1S/C20H21N3O5S/c1-4-28-19(25)20(29-17-8-6-5-7-16(17)23(26)27)12-13-9-10-14(22(2)3)11-15(13)21-18(20)24/h5-11H,4,12H2,1-3H3,(H,21,24). The Morgan fingerprint density at radius 3 is 2.69 bits per heavy atom. The van der Waals surface area contributed by atoms with Gasteiger partial charge in [-0.2, -0.15) is 0 Å². The van der Waals surface area contributed by atoms with Crippen molar-refractivity contribution in [1.29, 1.82) is 0 Å². The van der Waals surface area contributed by atoms with Gasteiger partial charge in [-0.3, -0.25) is 14.9 Å². The Balaban J connectivity index is 2.07. The van der Waals surface area contributed by atoms with Gasteiger partial charge in [-0.15, -0.1) is 0 Å². The first-order valence-corrected chi connectivity index (χ1v) is 9.81. The fourth-order valence-electron chi connectivity index (χ4n) is 3.10. The number of para-hydroxylation sites is 1. The minimum absolute atomic E-state index is 0.0669. The summed E-state index contributed by atoms with van der Waals surface area (Å²) in [5, 5.41) is 14.2. The van der Waals surface area contributed by atoms with E-state index in [0.717, 1.165) is 23.0 Å². The van der Waals surface area contributed by atoms with E-state index < -0.39 is 21.5 Å². The molecule has 2 aromatic rings. The van der Waals surface area contributed by atoms with E-state index in [1.54, 1.807) is 13.0 Å². The number of nitro benzene ring substituents is 1. The Labute approximate surface area is 172 Å². The van der Waals surface area contributed by atoms with Crippen LogP contribution < -0.4 is 10.2 Å². The summed E-state index contributed by atoms with van der Waals surface area (Å²) in [6.07, 6.45) is 0.0669. The van der Waals surface area contributed by atoms with E-state index in [4.69, 9.17) is 4.74 Å². The largest absolute Gasteiger partial charge is 0.465 e. The SMILES string of the molecule is CCOC(=O)C1(Sc2ccccc2[N+](=O)[O-])Cc2ccc(N(C)C)cc2NC1=O. The number of nitro groups is 1. The van der Waals surface area contributed by atoms with E-state index in [9.17, 15) is 19.7 Å². The number of amides is 1. The quantitative estimate of drug-likeness (QED) is 0.334. The van der Waals surface area contributed by atoms with Crippen molar-refractivity contribution < 1.29 is 19.2 Å². The monoisotopic (exact) mass is 415 g/mol. The maximum absolute atomic E-state index is 13.1. The smallest absolute Gasteiger partial charge is 0.332 e. The first-order chi connectivity index (χ1) is 13.8. The topological polar surface area (TPSA) is 102 Å². The van der Waals surface area contributed by atoms with Gasteiger partial charge in [0, 0.05) is 38.0 Å². The molecule has 0 aliphatic carbocycles. The van der Waals surface area contributed by atoms with Crippen LogP contribution in [0.25, 0.3) is 0 Å². The first-order valence-electron chi connectivity index (χ1n) is 9.00. The van der Waals surface area contributed by atoms with Crippen LogP contribution in [-0.4, -0.2) is 42.2 Å². The summed E-state index contributed by atoms with van der Waals surface area (Å²) < 4.78 is 3.55. The van der Waals surface area contributed by atoms with Crippen LogP contribution in [0.1, 0.15) is 12.5 Å². The van der Waals surface area contributed by atoms with Crippen LogP contribution in [0.3, 0.4) is 0 Å². The molecule has 0 saturated heterocycles. The molecule has 0 saturated carbocycles. The predicted molar refractivity (Wildman–Crippen MR) is 111 cm³/mol. The van der Waals surface area contributed by atoms with Crippen LogP contribution >= 0.6 is 11.8 Å². The summed E-state index contributed by atoms with van der Waals surface area (Å²) in [6.45, 7) is 1.75. The number of nitrogens with one attached hydrogen (secondary N) is 1. The number of hydrogen-bond acceptors (Lipinski definition) is 7. The van der Waals surface area contributed by atoms with E-state index >= 15 is 0 Å². The third-order valence-corrected chi connectivity index (χ3v) is 6.03. The second-order valence-corrected chi connectivity index (χ2v) is 8.08. The molecule has 1 heterocycles. The third kappa shape index (κ3) is 3.91. The van der Waals surface area contributed by atoms with Crippen molar-refractivity contribution in [3.63, 3.8) is 0 Å². The summed E-state index contributed by atoms with van der Waals surface area (Å²) in [5.74, 6) is -1.27. The zero-order chi connectivity index (χ0) is 21.2. The molecule has 1 atom stereocenters. The molecule has 2 aromatic carbocycles. The Morgan fingerprint density at radius 1 is 1.31 bits per heavy atom. The molecule has 0 fully saturated rings. The summed E-state index contributed by atoms with van der Waals surface area (Å²) in [5.41, 5.74) is 2.11. The second-order valence-electron chi connectivity index (χ2n) is 6.74. The van der Waals surface area contributed by atoms with Gasteiger partial charge in [0.15, 0.2) is 0 Å². The van der Waals surface area contributed by atoms with Crippen molar-refractivity contribution in [2.24, 2.45) is 0 Å². The van der Waals surface area contributed by atoms with Crippen LogP contribution in [-0.2, 0) is 20.7 Å². The van der Waals surface area contributed by atoms with Gasteiger partial charge < -0.3 is 15.0 Å². The van der Waals surface area contributed by atoms with Crippen molar-refractivity contribution in [3.8, 4) is 0 Å². The number of ether oxygens (including phenoxy) is 1. The van der Waals surface area contributed by atoms with Crippen molar-refractivity contribution in [3.05, 3.63) is 58.1 Å². The van der Waals surface area contributed by atoms with Crippen molar-refractivity contribution in [2.75, 3.05) is 30.9 Å². The van der Waals surface area contributed by atoms with Crippen molar-refractivity contribution >= 4 is 40.7 Å². The fraction of sp³-hybridized carbons (Fsp3) is 0.300. The predicted octanol–water partition coefficient (Wildman–Crippen LogP) is 3.25. The van der Waals surface area contributed by atoms with E-state index in [0.29, 0.717) is 5.69 Å². The zero-order valence-corrected chi connectivity index (χ0v) is 17.1. The molecule has 1 N–H and O–H groups in total. The zero-order valence-electron chi connectivity index (χ0n) is 16.3. The number of fused-ring (bicyclic) bond motifs is 1. The summed E-state index contributed by atoms with van der Waals surface area (Å²) in [6, 6.07) is 11.6. The fourth-order valence-corrected chi connectivity index (χ4v) is 4.39. The first kappa shape index (κ1) is 20.7. The molecule has 0 spiro atoms. The van der Waals surface area contributed by atoms with E-state index in [1.807, 2.05) is 37.2 Å². The number of rotatable bonds is 6. The van der Waals surface area contributed by atoms with Gasteiger partial charge in [-0.25, -0.2) is 4.79 Å². The van der Waals surface area contributed by atoms with Crippen LogP contribution in [0, 0.1) is 10.1 Å². The lowest BCUT2D eigenvalue weighted by molar-refractivity contribution is -0.387. The second kappa shape index (κ2) is 8.12. The number of nitrogens with zero attached hydrogens (tertiary/aromatic N) is 2. The molecule has 1 unspecified atom stereocenters. The van der Waals surface area contributed by atoms with E-state index in [1.165, 1.54) is 18.2 Å². The number of benzene rings is 2. The number of hydrogen-bond donors (Lipinski definition) is 1. The highest BCUT2D eigenvalue weighted by Gasteiger charge is 2.52. The number of thioether (sulfide) groups is 1. The maximum Gasteiger partial charge on any atom is 0.332 e. The molecule has 0 aromatic heterocycles. The Hall–Kier alpha value is -3.07. The van der Waals surface area contributed by atoms with E-state index in [-0.39, 0.29) is 23.6 Å². The molecule has 152 valence electrons. The average Bonchev–Trinajstić information content (AvgIpc) is 2.68. The van der Waals surface area contributed by atoms with Gasteiger partial charge in [0.2, 0.25) is 4.75 Å².